The lowest BCUT2D eigenvalue weighted by molar-refractivity contribution is -0.143. The van der Waals surface area contributed by atoms with Crippen LogP contribution in [0.2, 0.25) is 0 Å². The molecule has 0 saturated heterocycles. The summed E-state index contributed by atoms with van der Waals surface area (Å²) >= 11 is 0. The molecule has 0 heterocycles. The van der Waals surface area contributed by atoms with E-state index in [0.717, 1.165) is 12.0 Å². The molecule has 0 atom stereocenters. The zero-order valence-corrected chi connectivity index (χ0v) is 11.5. The van der Waals surface area contributed by atoms with Gasteiger partial charge < -0.3 is 4.74 Å². The number of benzene rings is 1. The van der Waals surface area contributed by atoms with Gasteiger partial charge in [-0.2, -0.15) is 0 Å². The van der Waals surface area contributed by atoms with Crippen molar-refractivity contribution >= 4 is 11.8 Å². The summed E-state index contributed by atoms with van der Waals surface area (Å²) < 4.78 is 4.85. The second kappa shape index (κ2) is 8.25. The number of hydrogen-bond acceptors (Lipinski definition) is 3. The normalized spacial score (nSPS) is 11.2. The topological polar surface area (TPSA) is 43.4 Å². The molecule has 3 nitrogen and oxygen atoms in total. The van der Waals surface area contributed by atoms with E-state index in [2.05, 4.69) is 0 Å². The van der Waals surface area contributed by atoms with Crippen molar-refractivity contribution in [2.24, 2.45) is 0 Å². The van der Waals surface area contributed by atoms with Crippen LogP contribution in [0.15, 0.2) is 42.0 Å². The van der Waals surface area contributed by atoms with Gasteiger partial charge in [-0.15, -0.1) is 0 Å². The molecule has 0 aliphatic carbocycles. The Hall–Kier alpha value is -1.90. The quantitative estimate of drug-likeness (QED) is 0.428. The molecule has 0 unspecified atom stereocenters. The maximum atomic E-state index is 11.9. The molecule has 3 heteroatoms. The van der Waals surface area contributed by atoms with Crippen molar-refractivity contribution in [1.29, 1.82) is 0 Å². The average molecular weight is 260 g/mol. The van der Waals surface area contributed by atoms with Gasteiger partial charge in [-0.1, -0.05) is 35.9 Å². The van der Waals surface area contributed by atoms with Crippen molar-refractivity contribution in [3.8, 4) is 0 Å². The molecule has 0 saturated carbocycles. The minimum atomic E-state index is -0.176. The highest BCUT2D eigenvalue weighted by atomic mass is 16.5. The van der Waals surface area contributed by atoms with Crippen molar-refractivity contribution in [2.75, 3.05) is 6.61 Å². The zero-order valence-electron chi connectivity index (χ0n) is 11.5. The second-order valence-corrected chi connectivity index (χ2v) is 4.38. The van der Waals surface area contributed by atoms with Crippen LogP contribution >= 0.6 is 0 Å². The van der Waals surface area contributed by atoms with Crippen LogP contribution in [0.4, 0.5) is 0 Å². The van der Waals surface area contributed by atoms with E-state index in [4.69, 9.17) is 4.74 Å². The molecule has 0 aliphatic rings. The molecule has 0 bridgehead atoms. The second-order valence-electron chi connectivity index (χ2n) is 4.38. The maximum Gasteiger partial charge on any atom is 0.305 e. The van der Waals surface area contributed by atoms with Crippen molar-refractivity contribution < 1.29 is 14.3 Å². The van der Waals surface area contributed by atoms with Crippen LogP contribution in [-0.4, -0.2) is 18.4 Å². The SMILES string of the molecule is CCOC(=O)CCC/C(C)=C\C(=O)c1ccccc1. The van der Waals surface area contributed by atoms with E-state index in [-0.39, 0.29) is 11.8 Å². The average Bonchev–Trinajstić information content (AvgIpc) is 2.40. The first-order valence-corrected chi connectivity index (χ1v) is 6.55. The standard InChI is InChI=1S/C16H20O3/c1-3-19-16(18)11-7-8-13(2)12-15(17)14-9-5-4-6-10-14/h4-6,9-10,12H,3,7-8,11H2,1-2H3/b13-12-. The molecule has 19 heavy (non-hydrogen) atoms. The van der Waals surface area contributed by atoms with Crippen LogP contribution in [0.3, 0.4) is 0 Å². The van der Waals surface area contributed by atoms with Gasteiger partial charge in [0, 0.05) is 12.0 Å². The van der Waals surface area contributed by atoms with Crippen molar-refractivity contribution in [3.63, 3.8) is 0 Å². The van der Waals surface area contributed by atoms with Crippen molar-refractivity contribution in [3.05, 3.63) is 47.5 Å². The van der Waals surface area contributed by atoms with Gasteiger partial charge in [0.15, 0.2) is 5.78 Å². The molecule has 0 amide bonds. The van der Waals surface area contributed by atoms with Crippen LogP contribution in [0.5, 0.6) is 0 Å². The number of esters is 1. The smallest absolute Gasteiger partial charge is 0.305 e. The third-order valence-electron chi connectivity index (χ3n) is 2.69. The van der Waals surface area contributed by atoms with Gasteiger partial charge in [0.2, 0.25) is 0 Å². The predicted octanol–water partition coefficient (Wildman–Crippen LogP) is 3.55. The van der Waals surface area contributed by atoms with Gasteiger partial charge >= 0.3 is 5.97 Å². The van der Waals surface area contributed by atoms with Gasteiger partial charge in [0.05, 0.1) is 6.61 Å². The monoisotopic (exact) mass is 260 g/mol. The predicted molar refractivity (Wildman–Crippen MR) is 75.0 cm³/mol. The fourth-order valence-electron chi connectivity index (χ4n) is 1.73. The first-order chi connectivity index (χ1) is 9.13. The van der Waals surface area contributed by atoms with E-state index in [9.17, 15) is 9.59 Å². The third-order valence-corrected chi connectivity index (χ3v) is 2.69. The molecule has 0 aliphatic heterocycles. The lowest BCUT2D eigenvalue weighted by atomic mass is 10.1. The lowest BCUT2D eigenvalue weighted by Gasteiger charge is -2.02. The van der Waals surface area contributed by atoms with E-state index in [1.54, 1.807) is 25.1 Å². The first kappa shape index (κ1) is 15.2. The van der Waals surface area contributed by atoms with Crippen LogP contribution in [0.1, 0.15) is 43.5 Å². The fourth-order valence-corrected chi connectivity index (χ4v) is 1.73. The number of carbonyl (C=O) groups is 2. The zero-order chi connectivity index (χ0) is 14.1. The van der Waals surface area contributed by atoms with Crippen molar-refractivity contribution in [1.82, 2.24) is 0 Å². The van der Waals surface area contributed by atoms with Crippen LogP contribution in [0, 0.1) is 0 Å². The van der Waals surface area contributed by atoms with E-state index >= 15 is 0 Å². The number of rotatable bonds is 7. The molecule has 1 rings (SSSR count). The Balaban J connectivity index is 2.41. The molecule has 0 fully saturated rings. The summed E-state index contributed by atoms with van der Waals surface area (Å²) in [4.78, 5) is 23.0. The summed E-state index contributed by atoms with van der Waals surface area (Å²) in [5.74, 6) is -0.168. The number of hydrogen-bond donors (Lipinski definition) is 0. The molecule has 102 valence electrons. The van der Waals surface area contributed by atoms with Gasteiger partial charge in [-0.25, -0.2) is 0 Å². The molecule has 0 spiro atoms. The maximum absolute atomic E-state index is 11.9. The highest BCUT2D eigenvalue weighted by Crippen LogP contribution is 2.10. The minimum absolute atomic E-state index is 0.00855. The number of ether oxygens (including phenoxy) is 1. The molecular formula is C16H20O3. The summed E-state index contributed by atoms with van der Waals surface area (Å²) in [6.45, 7) is 4.12. The van der Waals surface area contributed by atoms with E-state index in [1.165, 1.54) is 0 Å². The Bertz CT molecular complexity index is 446. The number of ketones is 1. The summed E-state index contributed by atoms with van der Waals surface area (Å²) in [6.07, 6.45) is 3.49. The van der Waals surface area contributed by atoms with E-state index in [1.807, 2.05) is 25.1 Å². The summed E-state index contributed by atoms with van der Waals surface area (Å²) in [7, 11) is 0. The van der Waals surface area contributed by atoms with Crippen LogP contribution < -0.4 is 0 Å². The van der Waals surface area contributed by atoms with E-state index in [0.29, 0.717) is 25.0 Å². The van der Waals surface area contributed by atoms with Crippen molar-refractivity contribution in [2.45, 2.75) is 33.1 Å². The first-order valence-electron chi connectivity index (χ1n) is 6.55. The Labute approximate surface area is 114 Å². The van der Waals surface area contributed by atoms with Crippen LogP contribution in [0.25, 0.3) is 0 Å². The molecular weight excluding hydrogens is 240 g/mol. The van der Waals surface area contributed by atoms with Gasteiger partial charge in [-0.05, 0) is 32.8 Å². The van der Waals surface area contributed by atoms with Crippen LogP contribution in [-0.2, 0) is 9.53 Å². The summed E-state index contributed by atoms with van der Waals surface area (Å²) in [5.41, 5.74) is 1.67. The largest absolute Gasteiger partial charge is 0.466 e. The Kier molecular flexibility index (Phi) is 6.58. The molecule has 0 N–H and O–H groups in total. The Morgan fingerprint density at radius 2 is 1.84 bits per heavy atom. The highest BCUT2D eigenvalue weighted by Gasteiger charge is 2.04. The highest BCUT2D eigenvalue weighted by molar-refractivity contribution is 6.04. The summed E-state index contributed by atoms with van der Waals surface area (Å²) in [6, 6.07) is 9.16. The Morgan fingerprint density at radius 3 is 2.47 bits per heavy atom. The van der Waals surface area contributed by atoms with Gasteiger partial charge in [0.1, 0.15) is 0 Å². The minimum Gasteiger partial charge on any atom is -0.466 e. The number of carbonyl (C=O) groups excluding carboxylic acids is 2. The molecule has 1 aromatic carbocycles. The summed E-state index contributed by atoms with van der Waals surface area (Å²) in [5, 5.41) is 0. The lowest BCUT2D eigenvalue weighted by Crippen LogP contribution is -2.03. The Morgan fingerprint density at radius 1 is 1.16 bits per heavy atom. The number of allylic oxidation sites excluding steroid dienone is 2. The third kappa shape index (κ3) is 6.00. The van der Waals surface area contributed by atoms with Gasteiger partial charge in [-0.3, -0.25) is 9.59 Å². The molecule has 0 aromatic heterocycles. The fraction of sp³-hybridized carbons (Fsp3) is 0.375. The molecule has 1 aromatic rings. The van der Waals surface area contributed by atoms with Gasteiger partial charge in [0.25, 0.3) is 0 Å². The molecule has 0 radical (unpaired) electrons. The van der Waals surface area contributed by atoms with E-state index < -0.39 is 0 Å².